The summed E-state index contributed by atoms with van der Waals surface area (Å²) in [5.41, 5.74) is 2.56. The highest BCUT2D eigenvalue weighted by Gasteiger charge is 2.22. The van der Waals surface area contributed by atoms with Crippen LogP contribution < -0.4 is 5.32 Å². The summed E-state index contributed by atoms with van der Waals surface area (Å²) in [4.78, 5) is 0. The molecule has 2 nitrogen and oxygen atoms in total. The first kappa shape index (κ1) is 13.2. The summed E-state index contributed by atoms with van der Waals surface area (Å²) in [6, 6.07) is 19.0. The maximum Gasteiger partial charge on any atom is 0.115 e. The summed E-state index contributed by atoms with van der Waals surface area (Å²) >= 11 is 0. The fourth-order valence-corrected chi connectivity index (χ4v) is 2.60. The summed E-state index contributed by atoms with van der Waals surface area (Å²) < 4.78 is 0. The Hall–Kier alpha value is -1.80. The van der Waals surface area contributed by atoms with Crippen LogP contribution >= 0.6 is 0 Å². The average Bonchev–Trinajstić information content (AvgIpc) is 3.29. The molecule has 1 aliphatic carbocycles. The third kappa shape index (κ3) is 3.61. The van der Waals surface area contributed by atoms with Crippen LogP contribution in [0.25, 0.3) is 0 Å². The van der Waals surface area contributed by atoms with E-state index in [0.717, 1.165) is 19.0 Å². The molecule has 0 aromatic heterocycles. The minimum Gasteiger partial charge on any atom is -0.508 e. The van der Waals surface area contributed by atoms with E-state index in [9.17, 15) is 5.11 Å². The lowest BCUT2D eigenvalue weighted by Crippen LogP contribution is -2.24. The van der Waals surface area contributed by atoms with Crippen LogP contribution in [0.5, 0.6) is 5.75 Å². The molecule has 20 heavy (non-hydrogen) atoms. The summed E-state index contributed by atoms with van der Waals surface area (Å²) in [5.74, 6) is 0.808. The molecule has 0 spiro atoms. The van der Waals surface area contributed by atoms with E-state index in [1.165, 1.54) is 24.0 Å². The van der Waals surface area contributed by atoms with Crippen LogP contribution in [0, 0.1) is 0 Å². The number of phenolic OH excluding ortho intramolecular Hbond substituents is 1. The van der Waals surface area contributed by atoms with Crippen LogP contribution in [0.2, 0.25) is 0 Å². The van der Waals surface area contributed by atoms with Gasteiger partial charge in [0.05, 0.1) is 0 Å². The molecule has 0 heterocycles. The molecule has 1 fully saturated rings. The Bertz CT molecular complexity index is 548. The minimum atomic E-state index is 0.351. The molecular weight excluding hydrogens is 246 g/mol. The van der Waals surface area contributed by atoms with Gasteiger partial charge in [-0.3, -0.25) is 0 Å². The highest BCUT2D eigenvalue weighted by Crippen LogP contribution is 2.25. The molecular formula is C18H21NO. The predicted octanol–water partition coefficient (Wildman–Crippen LogP) is 3.47. The molecule has 1 unspecified atom stereocenters. The van der Waals surface area contributed by atoms with Crippen molar-refractivity contribution < 1.29 is 5.11 Å². The van der Waals surface area contributed by atoms with Crippen LogP contribution in [0.3, 0.4) is 0 Å². The molecule has 1 aliphatic rings. The van der Waals surface area contributed by atoms with Gasteiger partial charge in [0, 0.05) is 18.5 Å². The van der Waals surface area contributed by atoms with Gasteiger partial charge in [-0.1, -0.05) is 42.5 Å². The number of hydrogen-bond acceptors (Lipinski definition) is 2. The lowest BCUT2D eigenvalue weighted by atomic mass is 9.92. The molecule has 0 saturated heterocycles. The lowest BCUT2D eigenvalue weighted by Gasteiger charge is -2.18. The van der Waals surface area contributed by atoms with Crippen molar-refractivity contribution in [3.63, 3.8) is 0 Å². The van der Waals surface area contributed by atoms with E-state index in [-0.39, 0.29) is 0 Å². The Morgan fingerprint density at radius 1 is 1.05 bits per heavy atom. The van der Waals surface area contributed by atoms with Gasteiger partial charge in [0.15, 0.2) is 0 Å². The second-order valence-corrected chi connectivity index (χ2v) is 5.66. The van der Waals surface area contributed by atoms with Gasteiger partial charge in [0.25, 0.3) is 0 Å². The Labute approximate surface area is 120 Å². The predicted molar refractivity (Wildman–Crippen MR) is 82.0 cm³/mol. The van der Waals surface area contributed by atoms with Crippen molar-refractivity contribution in [2.45, 2.75) is 31.2 Å². The van der Waals surface area contributed by atoms with E-state index >= 15 is 0 Å². The molecule has 104 valence electrons. The second kappa shape index (κ2) is 6.10. The Kier molecular flexibility index (Phi) is 4.03. The van der Waals surface area contributed by atoms with Gasteiger partial charge in [0.1, 0.15) is 5.75 Å². The van der Waals surface area contributed by atoms with Gasteiger partial charge >= 0.3 is 0 Å². The number of hydrogen-bond donors (Lipinski definition) is 2. The molecule has 2 N–H and O–H groups in total. The van der Waals surface area contributed by atoms with Crippen molar-refractivity contribution in [2.24, 2.45) is 0 Å². The van der Waals surface area contributed by atoms with Crippen LogP contribution in [-0.2, 0) is 6.42 Å². The highest BCUT2D eigenvalue weighted by molar-refractivity contribution is 5.30. The minimum absolute atomic E-state index is 0.351. The van der Waals surface area contributed by atoms with Crippen molar-refractivity contribution in [1.29, 1.82) is 0 Å². The molecule has 0 aliphatic heterocycles. The molecule has 0 bridgehead atoms. The zero-order chi connectivity index (χ0) is 13.8. The zero-order valence-electron chi connectivity index (χ0n) is 11.6. The van der Waals surface area contributed by atoms with E-state index in [4.69, 9.17) is 0 Å². The third-order valence-corrected chi connectivity index (χ3v) is 3.89. The van der Waals surface area contributed by atoms with Crippen molar-refractivity contribution >= 4 is 0 Å². The fraction of sp³-hybridized carbons (Fsp3) is 0.333. The SMILES string of the molecule is Oc1cccc(CC(CNC2CC2)c2ccccc2)c1. The molecule has 2 aromatic rings. The molecule has 1 atom stereocenters. The van der Waals surface area contributed by atoms with E-state index in [1.54, 1.807) is 6.07 Å². The summed E-state index contributed by atoms with van der Waals surface area (Å²) in [5, 5.41) is 13.2. The van der Waals surface area contributed by atoms with Gasteiger partial charge in [-0.15, -0.1) is 0 Å². The maximum atomic E-state index is 9.61. The summed E-state index contributed by atoms with van der Waals surface area (Å²) in [6.45, 7) is 1.00. The fourth-order valence-electron chi connectivity index (χ4n) is 2.60. The van der Waals surface area contributed by atoms with Gasteiger partial charge < -0.3 is 10.4 Å². The van der Waals surface area contributed by atoms with Crippen LogP contribution in [0.15, 0.2) is 54.6 Å². The molecule has 1 saturated carbocycles. The van der Waals surface area contributed by atoms with Crippen molar-refractivity contribution in [3.8, 4) is 5.75 Å². The molecule has 0 amide bonds. The first-order valence-electron chi connectivity index (χ1n) is 7.37. The Morgan fingerprint density at radius 2 is 1.85 bits per heavy atom. The number of nitrogens with one attached hydrogen (secondary N) is 1. The molecule has 2 aromatic carbocycles. The number of aromatic hydroxyl groups is 1. The zero-order valence-corrected chi connectivity index (χ0v) is 11.6. The molecule has 2 heteroatoms. The van der Waals surface area contributed by atoms with Crippen molar-refractivity contribution in [2.75, 3.05) is 6.54 Å². The quantitative estimate of drug-likeness (QED) is 0.840. The van der Waals surface area contributed by atoms with Crippen LogP contribution in [0.1, 0.15) is 29.9 Å². The normalized spacial score (nSPS) is 16.0. The Morgan fingerprint density at radius 3 is 2.55 bits per heavy atom. The first-order valence-corrected chi connectivity index (χ1v) is 7.37. The lowest BCUT2D eigenvalue weighted by molar-refractivity contribution is 0.474. The van der Waals surface area contributed by atoms with Gasteiger partial charge in [-0.2, -0.15) is 0 Å². The van der Waals surface area contributed by atoms with E-state index in [0.29, 0.717) is 11.7 Å². The second-order valence-electron chi connectivity index (χ2n) is 5.66. The highest BCUT2D eigenvalue weighted by atomic mass is 16.3. The smallest absolute Gasteiger partial charge is 0.115 e. The number of phenols is 1. The average molecular weight is 267 g/mol. The van der Waals surface area contributed by atoms with E-state index in [2.05, 4.69) is 41.7 Å². The third-order valence-electron chi connectivity index (χ3n) is 3.89. The molecule has 3 rings (SSSR count). The summed E-state index contributed by atoms with van der Waals surface area (Å²) in [7, 11) is 0. The van der Waals surface area contributed by atoms with Crippen molar-refractivity contribution in [1.82, 2.24) is 5.32 Å². The van der Waals surface area contributed by atoms with Crippen LogP contribution in [-0.4, -0.2) is 17.7 Å². The van der Waals surface area contributed by atoms with Crippen LogP contribution in [0.4, 0.5) is 0 Å². The van der Waals surface area contributed by atoms with E-state index in [1.807, 2.05) is 12.1 Å². The van der Waals surface area contributed by atoms with Crippen molar-refractivity contribution in [3.05, 3.63) is 65.7 Å². The summed E-state index contributed by atoms with van der Waals surface area (Å²) in [6.07, 6.45) is 3.58. The van der Waals surface area contributed by atoms with E-state index < -0.39 is 0 Å². The molecule has 0 radical (unpaired) electrons. The largest absolute Gasteiger partial charge is 0.508 e. The standard InChI is InChI=1S/C18H21NO/c20-18-8-4-5-14(12-18)11-16(13-19-17-9-10-17)15-6-2-1-3-7-15/h1-8,12,16-17,19-20H,9-11,13H2. The van der Waals surface area contributed by atoms with Gasteiger partial charge in [-0.05, 0) is 42.5 Å². The monoisotopic (exact) mass is 267 g/mol. The topological polar surface area (TPSA) is 32.3 Å². The maximum absolute atomic E-state index is 9.61. The Balaban J connectivity index is 1.73. The van der Waals surface area contributed by atoms with Gasteiger partial charge in [0.2, 0.25) is 0 Å². The van der Waals surface area contributed by atoms with Gasteiger partial charge in [-0.25, -0.2) is 0 Å². The number of benzene rings is 2. The number of rotatable bonds is 6. The first-order chi connectivity index (χ1) is 9.81.